The van der Waals surface area contributed by atoms with E-state index in [1.165, 1.54) is 0 Å². The van der Waals surface area contributed by atoms with Crippen molar-refractivity contribution >= 4 is 12.0 Å². The van der Waals surface area contributed by atoms with Gasteiger partial charge in [0, 0.05) is 12.2 Å². The fourth-order valence-electron chi connectivity index (χ4n) is 1.68. The summed E-state index contributed by atoms with van der Waals surface area (Å²) in [5, 5.41) is 8.89. The quantitative estimate of drug-likeness (QED) is 0.574. The van der Waals surface area contributed by atoms with Gasteiger partial charge in [-0.2, -0.15) is 5.26 Å². The average Bonchev–Trinajstić information content (AvgIpc) is 2.28. The largest absolute Gasteiger partial charge is 0.360 e. The van der Waals surface area contributed by atoms with Crippen LogP contribution in [0.25, 0.3) is 0 Å². The Morgan fingerprint density at radius 2 is 2.29 bits per heavy atom. The molecule has 0 fully saturated rings. The van der Waals surface area contributed by atoms with E-state index in [2.05, 4.69) is 12.6 Å². The van der Waals surface area contributed by atoms with Crippen LogP contribution in [0.1, 0.15) is 18.1 Å². The number of aldehydes is 1. The van der Waals surface area contributed by atoms with E-state index in [1.807, 2.05) is 30.9 Å². The summed E-state index contributed by atoms with van der Waals surface area (Å²) in [7, 11) is 0. The van der Waals surface area contributed by atoms with Crippen molar-refractivity contribution in [1.29, 1.82) is 5.26 Å². The van der Waals surface area contributed by atoms with Crippen LogP contribution < -0.4 is 4.90 Å². The number of nitrogens with zero attached hydrogens (tertiary/aromatic N) is 2. The van der Waals surface area contributed by atoms with E-state index in [9.17, 15) is 4.79 Å². The van der Waals surface area contributed by atoms with E-state index in [-0.39, 0.29) is 0 Å². The summed E-state index contributed by atoms with van der Waals surface area (Å²) >= 11 is 0. The number of rotatable bonds is 5. The summed E-state index contributed by atoms with van der Waals surface area (Å²) in [5.41, 5.74) is 3.54. The first-order valence-electron chi connectivity index (χ1n) is 5.42. The third-order valence-electron chi connectivity index (χ3n) is 2.43. The van der Waals surface area contributed by atoms with Crippen LogP contribution in [0.4, 0.5) is 5.69 Å². The Morgan fingerprint density at radius 3 is 2.82 bits per heavy atom. The van der Waals surface area contributed by atoms with E-state index in [1.54, 1.807) is 6.07 Å². The van der Waals surface area contributed by atoms with Crippen molar-refractivity contribution in [3.05, 3.63) is 41.5 Å². The molecule has 0 aromatic heterocycles. The number of benzene rings is 1. The zero-order valence-electron chi connectivity index (χ0n) is 10.2. The number of carbonyl (C=O) groups is 1. The lowest BCUT2D eigenvalue weighted by atomic mass is 10.1. The predicted octanol–water partition coefficient (Wildman–Crippen LogP) is 2.45. The highest BCUT2D eigenvalue weighted by atomic mass is 16.1. The molecule has 0 spiro atoms. The second kappa shape index (κ2) is 5.86. The number of carbonyl (C=O) groups excluding carboxylic acids is 1. The van der Waals surface area contributed by atoms with Gasteiger partial charge in [-0.3, -0.25) is 0 Å². The molecule has 88 valence electrons. The molecular formula is C14H16N2O. The number of anilines is 1. The van der Waals surface area contributed by atoms with Crippen LogP contribution in [0, 0.1) is 18.3 Å². The standard InChI is InChI=1S/C14H16N2O/c1-11(2)10-16(6-7-17)14-8-13(9-15)5-4-12(14)3/h4-5,7-8H,1,6,10H2,2-3H3. The maximum absolute atomic E-state index is 10.7. The normalized spacial score (nSPS) is 9.47. The van der Waals surface area contributed by atoms with Crippen molar-refractivity contribution < 1.29 is 4.79 Å². The van der Waals surface area contributed by atoms with E-state index < -0.39 is 0 Å². The zero-order valence-corrected chi connectivity index (χ0v) is 10.2. The first-order chi connectivity index (χ1) is 8.08. The van der Waals surface area contributed by atoms with Crippen LogP contribution in [0.15, 0.2) is 30.4 Å². The highest BCUT2D eigenvalue weighted by molar-refractivity contribution is 5.65. The van der Waals surface area contributed by atoms with Crippen molar-refractivity contribution in [2.24, 2.45) is 0 Å². The van der Waals surface area contributed by atoms with E-state index >= 15 is 0 Å². The van der Waals surface area contributed by atoms with Crippen molar-refractivity contribution in [1.82, 2.24) is 0 Å². The molecule has 0 saturated carbocycles. The minimum atomic E-state index is 0.308. The van der Waals surface area contributed by atoms with Crippen LogP contribution >= 0.6 is 0 Å². The second-order valence-corrected chi connectivity index (χ2v) is 4.12. The van der Waals surface area contributed by atoms with Gasteiger partial charge in [0.05, 0.1) is 18.2 Å². The minimum absolute atomic E-state index is 0.308. The molecule has 0 unspecified atom stereocenters. The molecule has 0 N–H and O–H groups in total. The third-order valence-corrected chi connectivity index (χ3v) is 2.43. The van der Waals surface area contributed by atoms with Gasteiger partial charge in [0.1, 0.15) is 6.29 Å². The third kappa shape index (κ3) is 3.46. The van der Waals surface area contributed by atoms with Gasteiger partial charge < -0.3 is 9.69 Å². The molecule has 1 rings (SSSR count). The first kappa shape index (κ1) is 13.0. The summed E-state index contributed by atoms with van der Waals surface area (Å²) in [4.78, 5) is 12.6. The SMILES string of the molecule is C=C(C)CN(CC=O)c1cc(C#N)ccc1C. The molecular weight excluding hydrogens is 212 g/mol. The first-order valence-corrected chi connectivity index (χ1v) is 5.42. The van der Waals surface area contributed by atoms with Crippen molar-refractivity contribution in [3.8, 4) is 6.07 Å². The Morgan fingerprint density at radius 1 is 1.59 bits per heavy atom. The molecule has 3 heteroatoms. The molecule has 0 saturated heterocycles. The lowest BCUT2D eigenvalue weighted by molar-refractivity contribution is -0.106. The average molecular weight is 228 g/mol. The van der Waals surface area contributed by atoms with Crippen LogP contribution in [-0.2, 0) is 4.79 Å². The number of nitriles is 1. The Bertz CT molecular complexity index is 472. The predicted molar refractivity (Wildman–Crippen MR) is 69.0 cm³/mol. The fraction of sp³-hybridized carbons (Fsp3) is 0.286. The van der Waals surface area contributed by atoms with Gasteiger partial charge in [-0.1, -0.05) is 18.2 Å². The van der Waals surface area contributed by atoms with Crippen molar-refractivity contribution in [2.45, 2.75) is 13.8 Å². The van der Waals surface area contributed by atoms with E-state index in [0.29, 0.717) is 18.7 Å². The lowest BCUT2D eigenvalue weighted by Gasteiger charge is -2.24. The number of aryl methyl sites for hydroxylation is 1. The van der Waals surface area contributed by atoms with Gasteiger partial charge in [0.2, 0.25) is 0 Å². The van der Waals surface area contributed by atoms with Crippen molar-refractivity contribution in [2.75, 3.05) is 18.0 Å². The van der Waals surface area contributed by atoms with Crippen molar-refractivity contribution in [3.63, 3.8) is 0 Å². The summed E-state index contributed by atoms with van der Waals surface area (Å²) < 4.78 is 0. The minimum Gasteiger partial charge on any atom is -0.360 e. The van der Waals surface area contributed by atoms with Gasteiger partial charge in [0.25, 0.3) is 0 Å². The topological polar surface area (TPSA) is 44.1 Å². The zero-order chi connectivity index (χ0) is 12.8. The van der Waals surface area contributed by atoms with Crippen LogP contribution in [0.3, 0.4) is 0 Å². The molecule has 0 atom stereocenters. The molecule has 0 radical (unpaired) electrons. The number of hydrogen-bond donors (Lipinski definition) is 0. The monoisotopic (exact) mass is 228 g/mol. The highest BCUT2D eigenvalue weighted by Crippen LogP contribution is 2.21. The molecule has 1 aromatic rings. The lowest BCUT2D eigenvalue weighted by Crippen LogP contribution is -2.27. The summed E-state index contributed by atoms with van der Waals surface area (Å²) in [6, 6.07) is 7.58. The Kier molecular flexibility index (Phi) is 4.47. The smallest absolute Gasteiger partial charge is 0.139 e. The van der Waals surface area contributed by atoms with E-state index in [0.717, 1.165) is 23.1 Å². The summed E-state index contributed by atoms with van der Waals surface area (Å²) in [5.74, 6) is 0. The summed E-state index contributed by atoms with van der Waals surface area (Å²) in [6.07, 6.45) is 0.863. The molecule has 1 aromatic carbocycles. The van der Waals surface area contributed by atoms with Gasteiger partial charge in [-0.05, 0) is 31.5 Å². The molecule has 0 aliphatic rings. The molecule has 0 bridgehead atoms. The Balaban J connectivity index is 3.12. The maximum Gasteiger partial charge on any atom is 0.139 e. The molecule has 17 heavy (non-hydrogen) atoms. The van der Waals surface area contributed by atoms with Crippen LogP contribution in [-0.4, -0.2) is 19.4 Å². The fourth-order valence-corrected chi connectivity index (χ4v) is 1.68. The Hall–Kier alpha value is -2.08. The Labute approximate surface area is 102 Å². The molecule has 3 nitrogen and oxygen atoms in total. The summed E-state index contributed by atoms with van der Waals surface area (Å²) in [6.45, 7) is 8.66. The van der Waals surface area contributed by atoms with Gasteiger partial charge in [-0.25, -0.2) is 0 Å². The number of hydrogen-bond acceptors (Lipinski definition) is 3. The van der Waals surface area contributed by atoms with E-state index in [4.69, 9.17) is 5.26 Å². The van der Waals surface area contributed by atoms with Crippen LogP contribution in [0.5, 0.6) is 0 Å². The highest BCUT2D eigenvalue weighted by Gasteiger charge is 2.09. The molecule has 0 aliphatic carbocycles. The second-order valence-electron chi connectivity index (χ2n) is 4.12. The molecule has 0 aliphatic heterocycles. The van der Waals surface area contributed by atoms with Gasteiger partial charge >= 0.3 is 0 Å². The van der Waals surface area contributed by atoms with Gasteiger partial charge in [0.15, 0.2) is 0 Å². The van der Waals surface area contributed by atoms with Crippen LogP contribution in [0.2, 0.25) is 0 Å². The van der Waals surface area contributed by atoms with Gasteiger partial charge in [-0.15, -0.1) is 0 Å². The molecule has 0 amide bonds. The molecule has 0 heterocycles. The maximum atomic E-state index is 10.7.